The van der Waals surface area contributed by atoms with Gasteiger partial charge in [0, 0.05) is 18.4 Å². The Bertz CT molecular complexity index is 553. The molecule has 1 unspecified atom stereocenters. The third kappa shape index (κ3) is 5.28. The number of nitrogens with zero attached hydrogens (tertiary/aromatic N) is 2. The summed E-state index contributed by atoms with van der Waals surface area (Å²) in [5.74, 6) is 1.50. The van der Waals surface area contributed by atoms with Crippen LogP contribution in [-0.2, 0) is 6.42 Å². The number of aliphatic hydroxyl groups is 1. The summed E-state index contributed by atoms with van der Waals surface area (Å²) in [5.41, 5.74) is 6.46. The molecular formula is C14H22Cl2N4O. The molecule has 0 fully saturated rings. The van der Waals surface area contributed by atoms with Crippen LogP contribution in [0.15, 0.2) is 24.3 Å². The van der Waals surface area contributed by atoms with Crippen molar-refractivity contribution >= 4 is 41.5 Å². The normalized spacial score (nSPS) is 11.4. The van der Waals surface area contributed by atoms with Gasteiger partial charge in [0.15, 0.2) is 0 Å². The highest BCUT2D eigenvalue weighted by atomic mass is 35.5. The molecule has 0 bridgehead atoms. The molecular weight excluding hydrogens is 311 g/mol. The molecule has 0 aliphatic carbocycles. The molecule has 0 spiro atoms. The van der Waals surface area contributed by atoms with Crippen LogP contribution in [0.25, 0.3) is 10.9 Å². The lowest BCUT2D eigenvalue weighted by molar-refractivity contribution is 0.183. The Kier molecular flexibility index (Phi) is 9.21. The predicted molar refractivity (Wildman–Crippen MR) is 91.6 cm³/mol. The van der Waals surface area contributed by atoms with Gasteiger partial charge in [0.1, 0.15) is 11.6 Å². The zero-order valence-electron chi connectivity index (χ0n) is 12.0. The number of aromatic nitrogens is 2. The van der Waals surface area contributed by atoms with Gasteiger partial charge in [-0.25, -0.2) is 9.97 Å². The van der Waals surface area contributed by atoms with Gasteiger partial charge in [-0.1, -0.05) is 19.1 Å². The van der Waals surface area contributed by atoms with Gasteiger partial charge in [-0.15, -0.1) is 24.8 Å². The van der Waals surface area contributed by atoms with Crippen molar-refractivity contribution in [3.05, 3.63) is 30.1 Å². The molecule has 2 rings (SSSR count). The van der Waals surface area contributed by atoms with Crippen LogP contribution < -0.4 is 11.1 Å². The Balaban J connectivity index is 0.00000200. The molecule has 0 saturated carbocycles. The summed E-state index contributed by atoms with van der Waals surface area (Å²) in [4.78, 5) is 8.96. The van der Waals surface area contributed by atoms with E-state index in [0.29, 0.717) is 25.9 Å². The van der Waals surface area contributed by atoms with Crippen molar-refractivity contribution in [2.45, 2.75) is 25.9 Å². The molecule has 1 heterocycles. The van der Waals surface area contributed by atoms with Crippen LogP contribution in [0, 0.1) is 0 Å². The molecule has 1 aromatic carbocycles. The molecule has 1 atom stereocenters. The average Bonchev–Trinajstić information content (AvgIpc) is 2.44. The quantitative estimate of drug-likeness (QED) is 0.754. The van der Waals surface area contributed by atoms with E-state index in [9.17, 15) is 5.11 Å². The summed E-state index contributed by atoms with van der Waals surface area (Å²) in [6, 6.07) is 7.84. The first-order valence-corrected chi connectivity index (χ1v) is 6.62. The third-order valence-corrected chi connectivity index (χ3v) is 2.99. The number of hydrogen-bond donors (Lipinski definition) is 3. The Labute approximate surface area is 137 Å². The summed E-state index contributed by atoms with van der Waals surface area (Å²) in [5, 5.41) is 13.8. The number of anilines is 1. The zero-order chi connectivity index (χ0) is 13.7. The number of halogens is 2. The first kappa shape index (κ1) is 19.9. The predicted octanol–water partition coefficient (Wildman–Crippen LogP) is 2.16. The molecule has 0 amide bonds. The van der Waals surface area contributed by atoms with Crippen LogP contribution in [0.2, 0.25) is 0 Å². The maximum atomic E-state index is 9.64. The molecule has 1 aromatic heterocycles. The topological polar surface area (TPSA) is 84.1 Å². The molecule has 21 heavy (non-hydrogen) atoms. The number of para-hydroxylation sites is 1. The van der Waals surface area contributed by atoms with Gasteiger partial charge in [-0.3, -0.25) is 0 Å². The van der Waals surface area contributed by atoms with E-state index >= 15 is 0 Å². The van der Waals surface area contributed by atoms with E-state index in [4.69, 9.17) is 5.73 Å². The first-order chi connectivity index (χ1) is 9.24. The van der Waals surface area contributed by atoms with Crippen molar-refractivity contribution < 1.29 is 5.11 Å². The van der Waals surface area contributed by atoms with Crippen molar-refractivity contribution in [2.75, 3.05) is 18.4 Å². The number of nitrogens with one attached hydrogen (secondary N) is 1. The number of hydrogen-bond acceptors (Lipinski definition) is 5. The monoisotopic (exact) mass is 332 g/mol. The molecule has 4 N–H and O–H groups in total. The SMILES string of the molecule is CCC(O)CNc1nc(CCN)nc2ccccc12.Cl.Cl. The van der Waals surface area contributed by atoms with Gasteiger partial charge in [-0.05, 0) is 25.1 Å². The van der Waals surface area contributed by atoms with Crippen LogP contribution in [-0.4, -0.2) is 34.3 Å². The summed E-state index contributed by atoms with van der Waals surface area (Å²) in [7, 11) is 0. The fraction of sp³-hybridized carbons (Fsp3) is 0.429. The molecule has 0 aliphatic rings. The van der Waals surface area contributed by atoms with Gasteiger partial charge in [-0.2, -0.15) is 0 Å². The van der Waals surface area contributed by atoms with E-state index in [0.717, 1.165) is 22.5 Å². The van der Waals surface area contributed by atoms with E-state index in [1.165, 1.54) is 0 Å². The maximum absolute atomic E-state index is 9.64. The molecule has 0 radical (unpaired) electrons. The second-order valence-corrected chi connectivity index (χ2v) is 4.49. The lowest BCUT2D eigenvalue weighted by Crippen LogP contribution is -2.19. The van der Waals surface area contributed by atoms with E-state index in [1.54, 1.807) is 0 Å². The molecule has 0 aliphatic heterocycles. The van der Waals surface area contributed by atoms with Crippen molar-refractivity contribution in [1.29, 1.82) is 0 Å². The maximum Gasteiger partial charge on any atom is 0.137 e. The van der Waals surface area contributed by atoms with E-state index in [-0.39, 0.29) is 30.9 Å². The van der Waals surface area contributed by atoms with Crippen molar-refractivity contribution in [1.82, 2.24) is 9.97 Å². The van der Waals surface area contributed by atoms with Gasteiger partial charge >= 0.3 is 0 Å². The Hall–Kier alpha value is -1.14. The van der Waals surface area contributed by atoms with Crippen molar-refractivity contribution in [3.63, 3.8) is 0 Å². The average molecular weight is 333 g/mol. The highest BCUT2D eigenvalue weighted by molar-refractivity contribution is 5.89. The lowest BCUT2D eigenvalue weighted by Gasteiger charge is -2.13. The fourth-order valence-electron chi connectivity index (χ4n) is 1.86. The first-order valence-electron chi connectivity index (χ1n) is 6.62. The van der Waals surface area contributed by atoms with Crippen LogP contribution >= 0.6 is 24.8 Å². The second kappa shape index (κ2) is 9.73. The molecule has 2 aromatic rings. The van der Waals surface area contributed by atoms with Crippen molar-refractivity contribution in [2.24, 2.45) is 5.73 Å². The van der Waals surface area contributed by atoms with E-state index in [2.05, 4.69) is 15.3 Å². The highest BCUT2D eigenvalue weighted by Gasteiger charge is 2.08. The molecule has 5 nitrogen and oxygen atoms in total. The highest BCUT2D eigenvalue weighted by Crippen LogP contribution is 2.20. The van der Waals surface area contributed by atoms with Gasteiger partial charge in [0.05, 0.1) is 11.6 Å². The second-order valence-electron chi connectivity index (χ2n) is 4.49. The number of benzene rings is 1. The van der Waals surface area contributed by atoms with Crippen LogP contribution in [0.5, 0.6) is 0 Å². The minimum absolute atomic E-state index is 0. The number of nitrogens with two attached hydrogens (primary N) is 1. The van der Waals surface area contributed by atoms with E-state index < -0.39 is 0 Å². The Morgan fingerprint density at radius 1 is 1.24 bits per heavy atom. The smallest absolute Gasteiger partial charge is 0.137 e. The standard InChI is InChI=1S/C14H20N4O.2ClH/c1-2-10(19)9-16-14-11-5-3-4-6-12(11)17-13(18-14)7-8-15;;/h3-6,10,19H,2,7-9,15H2,1H3,(H,16,17,18);2*1H. The van der Waals surface area contributed by atoms with Gasteiger partial charge in [0.25, 0.3) is 0 Å². The summed E-state index contributed by atoms with van der Waals surface area (Å²) >= 11 is 0. The Morgan fingerprint density at radius 3 is 2.62 bits per heavy atom. The minimum Gasteiger partial charge on any atom is -0.391 e. The largest absolute Gasteiger partial charge is 0.391 e. The summed E-state index contributed by atoms with van der Waals surface area (Å²) in [6.07, 6.45) is 0.994. The molecule has 118 valence electrons. The minimum atomic E-state index is -0.369. The Morgan fingerprint density at radius 2 is 1.95 bits per heavy atom. The van der Waals surface area contributed by atoms with Gasteiger partial charge in [0.2, 0.25) is 0 Å². The van der Waals surface area contributed by atoms with E-state index in [1.807, 2.05) is 31.2 Å². The lowest BCUT2D eigenvalue weighted by atomic mass is 10.2. The molecule has 7 heteroatoms. The third-order valence-electron chi connectivity index (χ3n) is 2.99. The number of aliphatic hydroxyl groups excluding tert-OH is 1. The summed E-state index contributed by atoms with van der Waals surface area (Å²) in [6.45, 7) is 2.96. The van der Waals surface area contributed by atoms with Crippen LogP contribution in [0.3, 0.4) is 0 Å². The number of rotatable bonds is 6. The number of fused-ring (bicyclic) bond motifs is 1. The molecule has 0 saturated heterocycles. The zero-order valence-corrected chi connectivity index (χ0v) is 13.6. The summed E-state index contributed by atoms with van der Waals surface area (Å²) < 4.78 is 0. The van der Waals surface area contributed by atoms with Crippen molar-refractivity contribution in [3.8, 4) is 0 Å². The van der Waals surface area contributed by atoms with Crippen LogP contribution in [0.4, 0.5) is 5.82 Å². The van der Waals surface area contributed by atoms with Crippen LogP contribution in [0.1, 0.15) is 19.2 Å². The fourth-order valence-corrected chi connectivity index (χ4v) is 1.86. The van der Waals surface area contributed by atoms with Gasteiger partial charge < -0.3 is 16.2 Å².